The number of nitrogens with one attached hydrogen (secondary N) is 1. The second-order valence-corrected chi connectivity index (χ2v) is 25.1. The molecule has 8 heterocycles. The summed E-state index contributed by atoms with van der Waals surface area (Å²) >= 11 is 19.8. The van der Waals surface area contributed by atoms with Gasteiger partial charge < -0.3 is 39.1 Å². The molecule has 3 N–H and O–H groups in total. The molecule has 6 aromatic heterocycles. The number of nitrogens with zero attached hydrogens (tertiary/aromatic N) is 7. The number of amides is 2. The number of fused-ring (bicyclic) bond motifs is 2. The van der Waals surface area contributed by atoms with Crippen molar-refractivity contribution >= 4 is 162 Å². The first kappa shape index (κ1) is 71.1. The molecule has 10 rings (SSSR count). The van der Waals surface area contributed by atoms with Gasteiger partial charge in [-0.1, -0.05) is 88.5 Å². The second-order valence-electron chi connectivity index (χ2n) is 23.9. The minimum absolute atomic E-state index is 0. The van der Waals surface area contributed by atoms with Crippen LogP contribution in [0.3, 0.4) is 0 Å². The molecule has 0 saturated carbocycles. The van der Waals surface area contributed by atoms with Crippen LogP contribution in [0.2, 0.25) is 15.2 Å². The molecule has 2 amide bonds. The molecule has 8 aromatic rings. The summed E-state index contributed by atoms with van der Waals surface area (Å²) in [7, 11) is 0. The van der Waals surface area contributed by atoms with E-state index in [2.05, 4.69) is 41.0 Å². The van der Waals surface area contributed by atoms with Gasteiger partial charge in [0, 0.05) is 86.0 Å². The molecule has 2 fully saturated rings. The molecular formula is C62H66Cl4F2K2N8O8. The summed E-state index contributed by atoms with van der Waals surface area (Å²) < 4.78 is 40.6. The van der Waals surface area contributed by atoms with Gasteiger partial charge in [0.2, 0.25) is 0 Å². The quantitative estimate of drug-likeness (QED) is 0.100. The van der Waals surface area contributed by atoms with Gasteiger partial charge in [0.1, 0.15) is 39.2 Å². The van der Waals surface area contributed by atoms with Crippen LogP contribution in [0.5, 0.6) is 0 Å². The number of carboxylic acids is 2. The molecule has 24 heteroatoms. The SMILES string of the molecule is CC(C)(C)c1cc(-c2ccc(Cl)c(F)c2)nc2cc(C(=O)N3CCNCC3(C)C)oc12.Cc1ccnc(Cl)c1C(=O)O.Cc1ccnc(N2CCN(C(=O)c3cc4nc(-c5ccc(Cl)c(F)c5)cc(C(C)(C)C)c4o3)C(C)(C)C2)c1C(=O)O.Cl.[K][K]. The first-order chi connectivity index (χ1) is 39.8. The van der Waals surface area contributed by atoms with Crippen molar-refractivity contribution in [3.63, 3.8) is 0 Å². The molecule has 446 valence electrons. The summed E-state index contributed by atoms with van der Waals surface area (Å²) in [6.07, 6.45) is 3.08. The number of hydrogen-bond acceptors (Lipinski definition) is 12. The Morgan fingerprint density at radius 2 is 1.07 bits per heavy atom. The molecule has 0 radical (unpaired) electrons. The van der Waals surface area contributed by atoms with Crippen molar-refractivity contribution in [3.8, 4) is 22.5 Å². The summed E-state index contributed by atoms with van der Waals surface area (Å²) in [6, 6.07) is 19.5. The van der Waals surface area contributed by atoms with Crippen LogP contribution in [-0.4, -0.2) is 177 Å². The minimum atomic E-state index is -1.04. The van der Waals surface area contributed by atoms with Crippen molar-refractivity contribution in [3.05, 3.63) is 157 Å². The third-order valence-corrected chi connectivity index (χ3v) is 15.5. The number of furan rings is 2. The number of carbonyl (C=O) groups is 4. The molecule has 0 spiro atoms. The van der Waals surface area contributed by atoms with Crippen molar-refractivity contribution in [2.45, 2.75) is 105 Å². The van der Waals surface area contributed by atoms with Crippen LogP contribution in [-0.2, 0) is 10.8 Å². The third-order valence-electron chi connectivity index (χ3n) is 14.6. The Hall–Kier alpha value is -3.95. The van der Waals surface area contributed by atoms with Crippen molar-refractivity contribution in [1.82, 2.24) is 35.1 Å². The second kappa shape index (κ2) is 28.9. The van der Waals surface area contributed by atoms with Gasteiger partial charge in [-0.3, -0.25) is 9.59 Å². The van der Waals surface area contributed by atoms with Gasteiger partial charge >= 0.3 is 75.1 Å². The zero-order valence-corrected chi connectivity index (χ0v) is 59.9. The third kappa shape index (κ3) is 16.1. The molecule has 0 aliphatic carbocycles. The fourth-order valence-electron chi connectivity index (χ4n) is 10.1. The Morgan fingerprint density at radius 3 is 1.47 bits per heavy atom. The fraction of sp³-hybridized carbons (Fsp3) is 0.355. The number of piperazine rings is 2. The Labute approximate surface area is 565 Å². The van der Waals surface area contributed by atoms with Crippen molar-refractivity contribution in [1.29, 1.82) is 0 Å². The van der Waals surface area contributed by atoms with Gasteiger partial charge in [0.05, 0.1) is 38.1 Å². The van der Waals surface area contributed by atoms with E-state index in [1.165, 1.54) is 93.6 Å². The maximum absolute atomic E-state index is 14.3. The van der Waals surface area contributed by atoms with Crippen LogP contribution in [0.15, 0.2) is 94.0 Å². The summed E-state index contributed by atoms with van der Waals surface area (Å²) in [5.41, 5.74) is 6.13. The molecule has 16 nitrogen and oxygen atoms in total. The average Bonchev–Trinajstić information content (AvgIpc) is 1.84. The number of aryl methyl sites for hydroxylation is 2. The number of aromatic carboxylic acids is 2. The predicted molar refractivity (Wildman–Crippen MR) is 337 cm³/mol. The predicted octanol–water partition coefficient (Wildman–Crippen LogP) is 13.5. The molecule has 2 aliphatic heterocycles. The van der Waals surface area contributed by atoms with Gasteiger partial charge in [-0.05, 0) is 112 Å². The molecule has 2 aliphatic rings. The van der Waals surface area contributed by atoms with E-state index in [1.54, 1.807) is 61.3 Å². The number of carbonyl (C=O) groups excluding carboxylic acids is 2. The number of benzene rings is 2. The maximum atomic E-state index is 14.3. The van der Waals surface area contributed by atoms with Crippen molar-refractivity contribution in [2.24, 2.45) is 0 Å². The van der Waals surface area contributed by atoms with Gasteiger partial charge in [-0.2, -0.15) is 0 Å². The topological polar surface area (TPSA) is 208 Å². The molecule has 0 bridgehead atoms. The van der Waals surface area contributed by atoms with E-state index in [-0.39, 0.29) is 78.4 Å². The molecule has 2 saturated heterocycles. The van der Waals surface area contributed by atoms with Crippen molar-refractivity contribution in [2.75, 3.05) is 44.2 Å². The number of rotatable bonds is 7. The Kier molecular flexibility index (Phi) is 23.9. The standard InChI is InChI=1S/C31H32ClFN4O4.C24H27ClFN3O2.C7H6ClNO2.ClH.2K/c1-17-9-10-34-27(25(17)29(39)40)36-11-12-37(31(5,6)16-36)28(38)24-15-23-26(41-24)19(30(2,3)4)14-22(35-23)18-7-8-20(32)21(33)13-18;1-23(2,3)15-11-18(14-6-7-16(25)17(26)10-14)28-19-12-20(31-21(15)19)22(30)29-9-8-27-13-24(29,4)5;1-4-2-3-9-6(8)5(4)7(10)11;;;/h7-10,13-15H,11-12,16H2,1-6H3,(H,39,40);6-7,10-12,27H,8-9,13H2,1-5H3;2-3H,1H3,(H,10,11);1H;;. The number of hydrogen-bond donors (Lipinski definition) is 3. The number of aromatic nitrogens is 4. The molecular weight excluding hydrogens is 1240 g/mol. The summed E-state index contributed by atoms with van der Waals surface area (Å²) in [4.78, 5) is 72.5. The van der Waals surface area contributed by atoms with E-state index in [4.69, 9.17) is 53.7 Å². The summed E-state index contributed by atoms with van der Waals surface area (Å²) in [5.74, 6) is -2.74. The zero-order chi connectivity index (χ0) is 62.8. The van der Waals surface area contributed by atoms with Crippen molar-refractivity contribution < 1.29 is 47.0 Å². The van der Waals surface area contributed by atoms with E-state index in [1.807, 2.05) is 70.4 Å². The molecule has 2 aromatic carbocycles. The average molecular weight is 1310 g/mol. The first-order valence-corrected chi connectivity index (χ1v) is 44.8. The van der Waals surface area contributed by atoms with E-state index >= 15 is 0 Å². The summed E-state index contributed by atoms with van der Waals surface area (Å²) in [5, 5.41) is 21.9. The number of carboxylic acid groups (broad SMARTS) is 2. The first-order valence-electron chi connectivity index (χ1n) is 27.7. The number of pyridine rings is 4. The van der Waals surface area contributed by atoms with Crippen LogP contribution >= 0.6 is 47.2 Å². The monoisotopic (exact) mass is 1310 g/mol. The van der Waals surface area contributed by atoms with Crippen LogP contribution in [0.1, 0.15) is 133 Å². The number of halogens is 6. The van der Waals surface area contributed by atoms with E-state index in [0.29, 0.717) is 87.8 Å². The normalized spacial score (nSPS) is 14.7. The van der Waals surface area contributed by atoms with Crippen LogP contribution in [0, 0.1) is 25.5 Å². The van der Waals surface area contributed by atoms with E-state index < -0.39 is 29.1 Å². The Balaban J connectivity index is 0.000000231. The van der Waals surface area contributed by atoms with Gasteiger partial charge in [0.15, 0.2) is 22.7 Å². The Bertz CT molecular complexity index is 3850. The van der Waals surface area contributed by atoms with Gasteiger partial charge in [-0.15, -0.1) is 12.4 Å². The Morgan fingerprint density at radius 1 is 0.628 bits per heavy atom. The fourth-order valence-corrected chi connectivity index (χ4v) is 10.7. The molecule has 86 heavy (non-hydrogen) atoms. The van der Waals surface area contributed by atoms with Gasteiger partial charge in [-0.25, -0.2) is 38.3 Å². The van der Waals surface area contributed by atoms with E-state index in [9.17, 15) is 33.1 Å². The summed E-state index contributed by atoms with van der Waals surface area (Å²) in [6.45, 7) is 26.9. The molecule has 0 unspecified atom stereocenters. The van der Waals surface area contributed by atoms with Crippen LogP contribution in [0.25, 0.3) is 44.7 Å². The molecule has 0 atom stereocenters. The van der Waals surface area contributed by atoms with Gasteiger partial charge in [0.25, 0.3) is 11.8 Å². The van der Waals surface area contributed by atoms with E-state index in [0.717, 1.165) is 24.2 Å². The zero-order valence-electron chi connectivity index (χ0n) is 50.6. The number of anilines is 1. The van der Waals surface area contributed by atoms with Crippen LogP contribution in [0.4, 0.5) is 14.6 Å². The van der Waals surface area contributed by atoms with Crippen LogP contribution < -0.4 is 10.2 Å².